The van der Waals surface area contributed by atoms with Crippen molar-refractivity contribution in [1.82, 2.24) is 72.3 Å². The summed E-state index contributed by atoms with van der Waals surface area (Å²) in [6.07, 6.45) is 9.36. The molecule has 630 valence electrons. The third-order valence-corrected chi connectivity index (χ3v) is 29.2. The van der Waals surface area contributed by atoms with Crippen LogP contribution in [-0.4, -0.2) is 72.3 Å². The summed E-state index contributed by atoms with van der Waals surface area (Å²) in [4.78, 5) is 39.9. The summed E-state index contributed by atoms with van der Waals surface area (Å²) in [7, 11) is 0. The van der Waals surface area contributed by atoms with Crippen molar-refractivity contribution in [3.8, 4) is 68.3 Å². The lowest BCUT2D eigenvalue weighted by Crippen LogP contribution is -2.02. The Morgan fingerprint density at radius 3 is 0.807 bits per heavy atom. The fourth-order valence-electron chi connectivity index (χ4n) is 21.1. The third-order valence-electron chi connectivity index (χ3n) is 27.0. The van der Waals surface area contributed by atoms with Crippen molar-refractivity contribution in [2.75, 3.05) is 0 Å². The number of benzene rings is 18. The van der Waals surface area contributed by atoms with E-state index >= 15 is 0 Å². The van der Waals surface area contributed by atoms with E-state index in [2.05, 4.69) is 442 Å². The second-order valence-corrected chi connectivity index (χ2v) is 36.2. The maximum atomic E-state index is 6.19. The van der Waals surface area contributed by atoms with Gasteiger partial charge in [-0.3, -0.25) is 13.7 Å². The van der Waals surface area contributed by atoms with Crippen LogP contribution in [-0.2, 0) is 0 Å². The second kappa shape index (κ2) is 30.3. The molecule has 0 N–H and O–H groups in total. The highest BCUT2D eigenvalue weighted by Gasteiger charge is 2.28. The summed E-state index contributed by atoms with van der Waals surface area (Å²) in [6, 6.07) is 137. The van der Waals surface area contributed by atoms with Crippen molar-refractivity contribution in [2.24, 2.45) is 0 Å². The molecule has 0 saturated heterocycles. The molecule has 135 heavy (non-hydrogen) atoms. The number of aromatic nitrogens is 15. The molecular weight excluding hydrogens is 1700 g/mol. The van der Waals surface area contributed by atoms with Gasteiger partial charge in [-0.25, -0.2) is 44.9 Å². The van der Waals surface area contributed by atoms with Gasteiger partial charge in [0, 0.05) is 133 Å². The van der Waals surface area contributed by atoms with E-state index in [-0.39, 0.29) is 0 Å². The topological polar surface area (TPSA) is 159 Å². The molecule has 0 spiro atoms. The van der Waals surface area contributed by atoms with Crippen LogP contribution in [0.5, 0.6) is 0 Å². The first-order chi connectivity index (χ1) is 67.0. The van der Waals surface area contributed by atoms with Crippen LogP contribution in [0, 0.1) is 0 Å². The maximum absolute atomic E-state index is 6.19. The van der Waals surface area contributed by atoms with Gasteiger partial charge in [-0.2, -0.15) is 0 Å². The summed E-state index contributed by atoms with van der Waals surface area (Å²) < 4.78 is 25.2. The van der Waals surface area contributed by atoms with E-state index in [9.17, 15) is 0 Å². The van der Waals surface area contributed by atoms with Gasteiger partial charge < -0.3 is 18.1 Å². The molecule has 0 radical (unpaired) electrons. The Bertz CT molecular complexity index is 9700. The van der Waals surface area contributed by atoms with Crippen LogP contribution >= 0.6 is 22.7 Å². The average molecular weight is 1770 g/mol. The van der Waals surface area contributed by atoms with Crippen molar-refractivity contribution >= 4 is 216 Å². The van der Waals surface area contributed by atoms with Crippen LogP contribution in [0.3, 0.4) is 0 Å². The monoisotopic (exact) mass is 1760 g/mol. The van der Waals surface area contributed by atoms with Gasteiger partial charge in [0.25, 0.3) is 0 Å². The molecule has 12 aromatic heterocycles. The number of thiophene rings is 2. The van der Waals surface area contributed by atoms with Gasteiger partial charge >= 0.3 is 0 Å². The van der Waals surface area contributed by atoms with Crippen molar-refractivity contribution in [3.63, 3.8) is 0 Å². The average Bonchev–Trinajstić information content (AvgIpc) is 1.55. The minimum Gasteiger partial charge on any atom is -0.456 e. The lowest BCUT2D eigenvalue weighted by Gasteiger charge is -2.12. The molecule has 0 bridgehead atoms. The lowest BCUT2D eigenvalue weighted by molar-refractivity contribution is 0.669. The molecule has 18 heteroatoms. The Balaban J connectivity index is 0.000000101. The van der Waals surface area contributed by atoms with E-state index in [0.717, 1.165) is 138 Å². The molecule has 0 atom stereocenters. The van der Waals surface area contributed by atoms with E-state index < -0.39 is 0 Å². The highest BCUT2D eigenvalue weighted by molar-refractivity contribution is 7.26. The van der Waals surface area contributed by atoms with Crippen molar-refractivity contribution in [1.29, 1.82) is 0 Å². The van der Waals surface area contributed by atoms with Crippen LogP contribution in [0.15, 0.2) is 425 Å². The largest absolute Gasteiger partial charge is 0.456 e. The Morgan fingerprint density at radius 1 is 0.170 bits per heavy atom. The normalized spacial score (nSPS) is 12.0. The first-order valence-corrected chi connectivity index (χ1v) is 46.4. The smallest absolute Gasteiger partial charge is 0.237 e. The zero-order valence-corrected chi connectivity index (χ0v) is 73.4. The van der Waals surface area contributed by atoms with E-state index in [1.54, 1.807) is 38.0 Å². The number of furan rings is 1. The fourth-order valence-corrected chi connectivity index (χ4v) is 23.3. The van der Waals surface area contributed by atoms with Gasteiger partial charge in [0.15, 0.2) is 0 Å². The Labute approximate surface area is 775 Å². The van der Waals surface area contributed by atoms with Crippen LogP contribution in [0.1, 0.15) is 0 Å². The lowest BCUT2D eigenvalue weighted by atomic mass is 10.0. The number of rotatable bonds is 9. The van der Waals surface area contributed by atoms with E-state index in [0.29, 0.717) is 17.8 Å². The molecule has 16 nitrogen and oxygen atoms in total. The van der Waals surface area contributed by atoms with Gasteiger partial charge in [-0.05, 0) is 155 Å². The van der Waals surface area contributed by atoms with E-state index in [4.69, 9.17) is 4.42 Å². The first kappa shape index (κ1) is 76.0. The Hall–Kier alpha value is -18.0. The standard InChI is InChI=1S/C39H23N5O.2C39H23N5S/c1-4-10-33-27(7-1)31-19-20-32-28-8-2-5-11-34(28)44(39-41-22-40-23-42-39)38(32)37(31)43(33)26-16-13-24(14-17-26)25-15-18-30-29-9-3-6-12-35(29)45-36(30)21-25;1-4-10-33-27(7-1)30-18-19-31-28-8-2-5-11-34(28)44(39-41-22-40-23-42-39)38(31)37(30)43(33)26-16-13-24(14-17-26)25-15-20-36-32(21-25)29-9-3-6-12-35(29)45-36;1-4-10-33-27(7-1)31-19-20-32-28-8-2-5-11-34(28)44(39-41-22-40-23-42-39)38(32)37(31)43(33)26-16-13-24(14-17-26)25-15-18-30-29-9-3-6-12-35(29)45-36(30)21-25/h3*1-23H. The van der Waals surface area contributed by atoms with Crippen LogP contribution in [0.25, 0.3) is 261 Å². The third kappa shape index (κ3) is 11.8. The molecular formula is C117H69N15OS2. The number of fused-ring (bicyclic) bond motifs is 30. The molecule has 0 amide bonds. The molecule has 0 aliphatic rings. The summed E-state index contributed by atoms with van der Waals surface area (Å²) in [6.45, 7) is 0. The highest BCUT2D eigenvalue weighted by Crippen LogP contribution is 2.48. The van der Waals surface area contributed by atoms with Gasteiger partial charge in [-0.15, -0.1) is 22.7 Å². The summed E-state index contributed by atoms with van der Waals surface area (Å²) in [5.74, 6) is 1.80. The molecule has 0 fully saturated rings. The molecule has 30 aromatic rings. The SMILES string of the molecule is c1ccc2c(c1)oc1cc(-c3ccc(-n4c5ccccc5c5ccc6c7ccccc7n(-c7ncncn7)c6c54)cc3)ccc12.c1ccc2c(c1)sc1cc(-c3ccc(-n4c5ccccc5c5ccc6c7ccccc7n(-c7ncncn7)c6c54)cc3)ccc12.c1ccc2c(c1)sc1ccc(-c3ccc(-n4c5ccccc5c5ccc6c7ccccc7n(-c7ncncn7)c6c54)cc3)cc12. The number of para-hydroxylation sites is 7. The minimum absolute atomic E-state index is 0.594. The minimum atomic E-state index is 0.594. The summed E-state index contributed by atoms with van der Waals surface area (Å²) >= 11 is 3.71. The fraction of sp³-hybridized carbons (Fsp3) is 0. The first-order valence-electron chi connectivity index (χ1n) is 44.8. The highest BCUT2D eigenvalue weighted by atomic mass is 32.1. The van der Waals surface area contributed by atoms with E-state index in [1.165, 1.54) is 106 Å². The Kier molecular flexibility index (Phi) is 17.1. The predicted octanol–water partition coefficient (Wildman–Crippen LogP) is 29.8. The van der Waals surface area contributed by atoms with Crippen molar-refractivity contribution in [2.45, 2.75) is 0 Å². The number of hydrogen-bond acceptors (Lipinski definition) is 12. The number of hydrogen-bond donors (Lipinski definition) is 0. The quantitative estimate of drug-likeness (QED) is 0.136. The Morgan fingerprint density at radius 2 is 0.422 bits per heavy atom. The van der Waals surface area contributed by atoms with Gasteiger partial charge in [0.2, 0.25) is 17.8 Å². The molecule has 30 rings (SSSR count). The van der Waals surface area contributed by atoms with Crippen molar-refractivity contribution in [3.05, 3.63) is 420 Å². The summed E-state index contributed by atoms with van der Waals surface area (Å²) in [5.41, 5.74) is 25.4. The maximum Gasteiger partial charge on any atom is 0.237 e. The van der Waals surface area contributed by atoms with Crippen LogP contribution in [0.2, 0.25) is 0 Å². The van der Waals surface area contributed by atoms with Crippen LogP contribution in [0.4, 0.5) is 0 Å². The predicted molar refractivity (Wildman–Crippen MR) is 555 cm³/mol. The van der Waals surface area contributed by atoms with Gasteiger partial charge in [-0.1, -0.05) is 261 Å². The zero-order chi connectivity index (χ0) is 88.5. The van der Waals surface area contributed by atoms with Crippen molar-refractivity contribution < 1.29 is 4.42 Å². The molecule has 0 saturated carbocycles. The van der Waals surface area contributed by atoms with Gasteiger partial charge in [0.05, 0.1) is 66.2 Å². The van der Waals surface area contributed by atoms with Gasteiger partial charge in [0.1, 0.15) is 49.1 Å². The zero-order valence-electron chi connectivity index (χ0n) is 71.8. The van der Waals surface area contributed by atoms with Crippen LogP contribution < -0.4 is 0 Å². The number of nitrogens with zero attached hydrogens (tertiary/aromatic N) is 15. The molecule has 18 aromatic carbocycles. The molecule has 0 aliphatic heterocycles. The molecule has 0 aliphatic carbocycles. The molecule has 12 heterocycles. The summed E-state index contributed by atoms with van der Waals surface area (Å²) in [5, 5.41) is 21.7. The van der Waals surface area contributed by atoms with E-state index in [1.807, 2.05) is 34.8 Å². The molecule has 0 unspecified atom stereocenters. The second-order valence-electron chi connectivity index (χ2n) is 34.1.